The van der Waals surface area contributed by atoms with Crippen LogP contribution in [0.1, 0.15) is 31.4 Å². The van der Waals surface area contributed by atoms with Crippen LogP contribution in [0, 0.1) is 11.6 Å². The van der Waals surface area contributed by atoms with Crippen LogP contribution in [-0.2, 0) is 9.59 Å². The fourth-order valence-corrected chi connectivity index (χ4v) is 1.46. The summed E-state index contributed by atoms with van der Waals surface area (Å²) in [6.45, 7) is 1.54. The Morgan fingerprint density at radius 1 is 1.33 bits per heavy atom. The highest BCUT2D eigenvalue weighted by atomic mass is 19.1. The summed E-state index contributed by atoms with van der Waals surface area (Å²) in [5.41, 5.74) is 0.153. The number of benzene rings is 1. The summed E-state index contributed by atoms with van der Waals surface area (Å²) in [6, 6.07) is 2.42. The van der Waals surface area contributed by atoms with Crippen molar-refractivity contribution >= 4 is 11.9 Å². The summed E-state index contributed by atoms with van der Waals surface area (Å²) >= 11 is 0. The second kappa shape index (κ2) is 6.09. The van der Waals surface area contributed by atoms with Crippen LogP contribution in [0.15, 0.2) is 18.2 Å². The highest BCUT2D eigenvalue weighted by Gasteiger charge is 2.14. The minimum absolute atomic E-state index is 0.153. The van der Waals surface area contributed by atoms with Crippen molar-refractivity contribution in [2.24, 2.45) is 0 Å². The van der Waals surface area contributed by atoms with Crippen molar-refractivity contribution in [3.8, 4) is 0 Å². The Labute approximate surface area is 103 Å². The van der Waals surface area contributed by atoms with Crippen molar-refractivity contribution in [2.45, 2.75) is 25.8 Å². The van der Waals surface area contributed by atoms with Gasteiger partial charge in [0, 0.05) is 18.1 Å². The van der Waals surface area contributed by atoms with Gasteiger partial charge in [-0.1, -0.05) is 6.07 Å². The third-order valence-corrected chi connectivity index (χ3v) is 2.37. The van der Waals surface area contributed by atoms with Crippen LogP contribution in [0.4, 0.5) is 8.78 Å². The molecule has 0 aliphatic rings. The molecule has 1 aromatic carbocycles. The molecule has 0 aliphatic heterocycles. The SMILES string of the molecule is CC(NC(=O)CCC(=O)O)c1ccc(F)cc1F. The monoisotopic (exact) mass is 257 g/mol. The first kappa shape index (κ1) is 14.1. The molecule has 0 aliphatic carbocycles. The number of carboxylic acids is 1. The Morgan fingerprint density at radius 2 is 2.00 bits per heavy atom. The number of carbonyl (C=O) groups excluding carboxylic acids is 1. The maximum Gasteiger partial charge on any atom is 0.303 e. The van der Waals surface area contributed by atoms with Crippen LogP contribution in [0.25, 0.3) is 0 Å². The molecule has 0 fully saturated rings. The van der Waals surface area contributed by atoms with E-state index in [2.05, 4.69) is 5.32 Å². The summed E-state index contributed by atoms with van der Waals surface area (Å²) in [7, 11) is 0. The van der Waals surface area contributed by atoms with Crippen LogP contribution in [0.2, 0.25) is 0 Å². The lowest BCUT2D eigenvalue weighted by atomic mass is 10.1. The van der Waals surface area contributed by atoms with Gasteiger partial charge in [0.1, 0.15) is 11.6 Å². The topological polar surface area (TPSA) is 66.4 Å². The van der Waals surface area contributed by atoms with Crippen LogP contribution < -0.4 is 5.32 Å². The smallest absolute Gasteiger partial charge is 0.303 e. The summed E-state index contributed by atoms with van der Waals surface area (Å²) in [4.78, 5) is 21.6. The number of carboxylic acid groups (broad SMARTS) is 1. The Balaban J connectivity index is 2.62. The number of halogens is 2. The first-order valence-corrected chi connectivity index (χ1v) is 5.36. The van der Waals surface area contributed by atoms with E-state index in [0.29, 0.717) is 0 Å². The first-order chi connectivity index (χ1) is 8.40. The lowest BCUT2D eigenvalue weighted by Crippen LogP contribution is -2.27. The van der Waals surface area contributed by atoms with E-state index in [1.165, 1.54) is 13.0 Å². The van der Waals surface area contributed by atoms with Crippen molar-refractivity contribution in [1.82, 2.24) is 5.32 Å². The average Bonchev–Trinajstić information content (AvgIpc) is 2.26. The molecule has 0 radical (unpaired) electrons. The zero-order valence-electron chi connectivity index (χ0n) is 9.74. The molecule has 2 N–H and O–H groups in total. The highest BCUT2D eigenvalue weighted by molar-refractivity contribution is 5.80. The van der Waals surface area contributed by atoms with E-state index >= 15 is 0 Å². The molecule has 98 valence electrons. The molecule has 1 unspecified atom stereocenters. The van der Waals surface area contributed by atoms with E-state index in [0.717, 1.165) is 12.1 Å². The third-order valence-electron chi connectivity index (χ3n) is 2.37. The van der Waals surface area contributed by atoms with Gasteiger partial charge in [-0.05, 0) is 13.0 Å². The van der Waals surface area contributed by atoms with Gasteiger partial charge in [-0.25, -0.2) is 8.78 Å². The molecule has 0 bridgehead atoms. The summed E-state index contributed by atoms with van der Waals surface area (Å²) in [6.07, 6.45) is -0.465. The van der Waals surface area contributed by atoms with Crippen molar-refractivity contribution in [2.75, 3.05) is 0 Å². The lowest BCUT2D eigenvalue weighted by Gasteiger charge is -2.14. The Kier molecular flexibility index (Phi) is 4.76. The first-order valence-electron chi connectivity index (χ1n) is 5.36. The largest absolute Gasteiger partial charge is 0.481 e. The Morgan fingerprint density at radius 3 is 2.56 bits per heavy atom. The van der Waals surface area contributed by atoms with Gasteiger partial charge in [0.15, 0.2) is 0 Å². The molecule has 0 aromatic heterocycles. The quantitative estimate of drug-likeness (QED) is 0.847. The van der Waals surface area contributed by atoms with E-state index in [-0.39, 0.29) is 18.4 Å². The highest BCUT2D eigenvalue weighted by Crippen LogP contribution is 2.17. The van der Waals surface area contributed by atoms with Crippen LogP contribution in [0.3, 0.4) is 0 Å². The van der Waals surface area contributed by atoms with Gasteiger partial charge in [0.05, 0.1) is 12.5 Å². The van der Waals surface area contributed by atoms with Crippen molar-refractivity contribution in [3.63, 3.8) is 0 Å². The molecule has 0 spiro atoms. The number of hydrogen-bond donors (Lipinski definition) is 2. The number of aliphatic carboxylic acids is 1. The van der Waals surface area contributed by atoms with Crippen LogP contribution in [-0.4, -0.2) is 17.0 Å². The van der Waals surface area contributed by atoms with Gasteiger partial charge in [0.25, 0.3) is 0 Å². The molecule has 18 heavy (non-hydrogen) atoms. The predicted octanol–water partition coefficient (Wildman–Crippen LogP) is 2.01. The zero-order valence-corrected chi connectivity index (χ0v) is 9.74. The van der Waals surface area contributed by atoms with Gasteiger partial charge < -0.3 is 10.4 Å². The van der Waals surface area contributed by atoms with Crippen molar-refractivity contribution in [1.29, 1.82) is 0 Å². The molecular weight excluding hydrogens is 244 g/mol. The number of hydrogen-bond acceptors (Lipinski definition) is 2. The molecule has 1 rings (SSSR count). The maximum atomic E-state index is 13.4. The fourth-order valence-electron chi connectivity index (χ4n) is 1.46. The van der Waals surface area contributed by atoms with E-state index in [1.54, 1.807) is 0 Å². The van der Waals surface area contributed by atoms with Gasteiger partial charge in [-0.2, -0.15) is 0 Å². The summed E-state index contributed by atoms with van der Waals surface area (Å²) < 4.78 is 26.1. The van der Waals surface area contributed by atoms with Crippen molar-refractivity contribution < 1.29 is 23.5 Å². The number of carbonyl (C=O) groups is 2. The summed E-state index contributed by atoms with van der Waals surface area (Å²) in [5, 5.41) is 10.9. The minimum atomic E-state index is -1.08. The van der Waals surface area contributed by atoms with E-state index in [9.17, 15) is 18.4 Å². The zero-order chi connectivity index (χ0) is 13.7. The molecule has 1 aromatic rings. The van der Waals surface area contributed by atoms with E-state index in [1.807, 2.05) is 0 Å². The van der Waals surface area contributed by atoms with Crippen molar-refractivity contribution in [3.05, 3.63) is 35.4 Å². The Hall–Kier alpha value is -1.98. The Bertz CT molecular complexity index is 463. The van der Waals surface area contributed by atoms with Gasteiger partial charge in [0.2, 0.25) is 5.91 Å². The van der Waals surface area contributed by atoms with Crippen LogP contribution in [0.5, 0.6) is 0 Å². The van der Waals surface area contributed by atoms with Gasteiger partial charge >= 0.3 is 5.97 Å². The number of rotatable bonds is 5. The minimum Gasteiger partial charge on any atom is -0.481 e. The normalized spacial score (nSPS) is 11.9. The molecular formula is C12H13F2NO3. The second-order valence-corrected chi connectivity index (χ2v) is 3.85. The molecule has 0 saturated carbocycles. The third kappa shape index (κ3) is 4.12. The van der Waals surface area contributed by atoms with Gasteiger partial charge in [-0.15, -0.1) is 0 Å². The average molecular weight is 257 g/mol. The molecule has 0 heterocycles. The molecule has 1 atom stereocenters. The second-order valence-electron chi connectivity index (χ2n) is 3.85. The maximum absolute atomic E-state index is 13.4. The number of nitrogens with one attached hydrogen (secondary N) is 1. The standard InChI is InChI=1S/C12H13F2NO3/c1-7(15-11(16)4-5-12(17)18)9-3-2-8(13)6-10(9)14/h2-3,6-7H,4-5H2,1H3,(H,15,16)(H,17,18). The van der Waals surface area contributed by atoms with E-state index in [4.69, 9.17) is 5.11 Å². The van der Waals surface area contributed by atoms with E-state index < -0.39 is 29.6 Å². The van der Waals surface area contributed by atoms with Gasteiger partial charge in [-0.3, -0.25) is 9.59 Å². The lowest BCUT2D eigenvalue weighted by molar-refractivity contribution is -0.138. The molecule has 1 amide bonds. The summed E-state index contributed by atoms with van der Waals surface area (Å²) in [5.74, 6) is -3.01. The number of amides is 1. The molecule has 4 nitrogen and oxygen atoms in total. The predicted molar refractivity (Wildman–Crippen MR) is 59.8 cm³/mol. The molecule has 0 saturated heterocycles. The molecule has 6 heteroatoms. The fraction of sp³-hybridized carbons (Fsp3) is 0.333. The van der Waals surface area contributed by atoms with Crippen LogP contribution >= 0.6 is 0 Å².